The number of halogens is 1. The molecule has 0 aromatic heterocycles. The van der Waals surface area contributed by atoms with Crippen molar-refractivity contribution in [2.45, 2.75) is 19.4 Å². The van der Waals surface area contributed by atoms with Crippen molar-refractivity contribution in [2.24, 2.45) is 0 Å². The number of anilines is 1. The Hall–Kier alpha value is -0.780. The minimum absolute atomic E-state index is 0. The van der Waals surface area contributed by atoms with Crippen LogP contribution in [0.4, 0.5) is 5.69 Å². The molecule has 1 aliphatic heterocycles. The number of hydrogen-bond donors (Lipinski definition) is 2. The van der Waals surface area contributed by atoms with Crippen LogP contribution >= 0.6 is 12.4 Å². The van der Waals surface area contributed by atoms with Crippen molar-refractivity contribution in [3.63, 3.8) is 0 Å². The van der Waals surface area contributed by atoms with Gasteiger partial charge in [-0.1, -0.05) is 12.1 Å². The van der Waals surface area contributed by atoms with Gasteiger partial charge in [0.1, 0.15) is 0 Å². The number of sulfonamides is 1. The summed E-state index contributed by atoms with van der Waals surface area (Å²) < 4.78 is 25.1. The van der Waals surface area contributed by atoms with Crippen molar-refractivity contribution < 1.29 is 8.42 Å². The zero-order valence-corrected chi connectivity index (χ0v) is 11.5. The van der Waals surface area contributed by atoms with Crippen LogP contribution in [0.3, 0.4) is 0 Å². The number of hydrogen-bond acceptors (Lipinski definition) is 3. The Balaban J connectivity index is 0.00000144. The molecule has 2 rings (SSSR count). The Labute approximate surface area is 108 Å². The summed E-state index contributed by atoms with van der Waals surface area (Å²) in [5.41, 5.74) is 3.01. The van der Waals surface area contributed by atoms with Gasteiger partial charge in [-0.3, -0.25) is 4.72 Å². The van der Waals surface area contributed by atoms with Gasteiger partial charge < -0.3 is 5.32 Å². The summed E-state index contributed by atoms with van der Waals surface area (Å²) in [6.45, 7) is 2.97. The molecule has 96 valence electrons. The normalized spacial score (nSPS) is 19.1. The largest absolute Gasteiger partial charge is 0.310 e. The van der Waals surface area contributed by atoms with E-state index in [1.165, 1.54) is 11.8 Å². The smallest absolute Gasteiger partial charge is 0.229 e. The van der Waals surface area contributed by atoms with Crippen LogP contribution in [0.5, 0.6) is 0 Å². The lowest BCUT2D eigenvalue weighted by Crippen LogP contribution is -2.28. The molecule has 1 aliphatic rings. The molecule has 0 aliphatic carbocycles. The maximum absolute atomic E-state index is 11.2. The molecule has 1 heterocycles. The van der Waals surface area contributed by atoms with Gasteiger partial charge >= 0.3 is 0 Å². The van der Waals surface area contributed by atoms with Gasteiger partial charge in [0.2, 0.25) is 10.0 Å². The van der Waals surface area contributed by atoms with Crippen LogP contribution in [-0.4, -0.2) is 21.2 Å². The van der Waals surface area contributed by atoms with Crippen LogP contribution in [0.2, 0.25) is 0 Å². The highest BCUT2D eigenvalue weighted by Gasteiger charge is 2.19. The maximum atomic E-state index is 11.2. The Morgan fingerprint density at radius 3 is 2.76 bits per heavy atom. The van der Waals surface area contributed by atoms with Crippen LogP contribution in [0, 0.1) is 0 Å². The topological polar surface area (TPSA) is 58.2 Å². The highest BCUT2D eigenvalue weighted by Crippen LogP contribution is 2.28. The monoisotopic (exact) mass is 276 g/mol. The van der Waals surface area contributed by atoms with Crippen LogP contribution in [-0.2, 0) is 16.4 Å². The number of fused-ring (bicyclic) bond motifs is 1. The average Bonchev–Trinajstić information content (AvgIpc) is 2.17. The third-order valence-electron chi connectivity index (χ3n) is 2.80. The van der Waals surface area contributed by atoms with E-state index < -0.39 is 10.0 Å². The molecule has 4 nitrogen and oxygen atoms in total. The molecule has 17 heavy (non-hydrogen) atoms. The lowest BCUT2D eigenvalue weighted by atomic mass is 9.94. The zero-order chi connectivity index (χ0) is 11.8. The molecule has 0 amide bonds. The summed E-state index contributed by atoms with van der Waals surface area (Å²) >= 11 is 0. The predicted octanol–water partition coefficient (Wildman–Crippen LogP) is 1.69. The first-order chi connectivity index (χ1) is 7.47. The first kappa shape index (κ1) is 14.3. The van der Waals surface area contributed by atoms with Gasteiger partial charge in [-0.05, 0) is 37.1 Å². The molecule has 0 spiro atoms. The van der Waals surface area contributed by atoms with Gasteiger partial charge in [-0.25, -0.2) is 8.42 Å². The van der Waals surface area contributed by atoms with E-state index in [0.717, 1.165) is 18.5 Å². The number of nitrogens with one attached hydrogen (secondary N) is 2. The van der Waals surface area contributed by atoms with Crippen molar-refractivity contribution in [2.75, 3.05) is 17.5 Å². The van der Waals surface area contributed by atoms with Gasteiger partial charge in [0, 0.05) is 6.04 Å². The predicted molar refractivity (Wildman–Crippen MR) is 72.3 cm³/mol. The molecular formula is C11H17ClN2O2S. The summed E-state index contributed by atoms with van der Waals surface area (Å²) in [4.78, 5) is 0. The fourth-order valence-electron chi connectivity index (χ4n) is 2.11. The van der Waals surface area contributed by atoms with E-state index in [1.54, 1.807) is 0 Å². The van der Waals surface area contributed by atoms with Crippen LogP contribution in [0.25, 0.3) is 0 Å². The molecule has 1 aromatic carbocycles. The van der Waals surface area contributed by atoms with Crippen molar-refractivity contribution >= 4 is 28.1 Å². The van der Waals surface area contributed by atoms with E-state index in [-0.39, 0.29) is 18.4 Å². The molecule has 1 atom stereocenters. The number of benzene rings is 1. The molecule has 0 radical (unpaired) electrons. The molecule has 1 aromatic rings. The van der Waals surface area contributed by atoms with Gasteiger partial charge in [0.05, 0.1) is 11.9 Å². The third-order valence-corrected chi connectivity index (χ3v) is 3.39. The Kier molecular flexibility index (Phi) is 4.41. The second-order valence-corrected chi connectivity index (χ2v) is 5.92. The summed E-state index contributed by atoms with van der Waals surface area (Å²) in [5, 5.41) is 3.35. The lowest BCUT2D eigenvalue weighted by Gasteiger charge is -2.26. The molecule has 0 unspecified atom stereocenters. The summed E-state index contributed by atoms with van der Waals surface area (Å²) in [7, 11) is -3.20. The fraction of sp³-hybridized carbons (Fsp3) is 0.455. The standard InChI is InChI=1S/C11H16N2O2S.ClH/c1-8-9-4-3-5-11(13-16(2,14)15)10(9)6-7-12-8;/h3-5,8,12-13H,6-7H2,1-2H3;1H/t8-;/m0./s1. The lowest BCUT2D eigenvalue weighted by molar-refractivity contribution is 0.541. The van der Waals surface area contributed by atoms with E-state index in [2.05, 4.69) is 17.0 Å². The highest BCUT2D eigenvalue weighted by atomic mass is 35.5. The zero-order valence-electron chi connectivity index (χ0n) is 9.86. The minimum Gasteiger partial charge on any atom is -0.310 e. The van der Waals surface area contributed by atoms with Gasteiger partial charge in [-0.2, -0.15) is 0 Å². The summed E-state index contributed by atoms with van der Waals surface area (Å²) in [5.74, 6) is 0. The summed E-state index contributed by atoms with van der Waals surface area (Å²) in [6, 6.07) is 6.03. The van der Waals surface area contributed by atoms with Crippen molar-refractivity contribution in [1.29, 1.82) is 0 Å². The molecular weight excluding hydrogens is 260 g/mol. The molecule has 6 heteroatoms. The van der Waals surface area contributed by atoms with Crippen LogP contribution in [0.15, 0.2) is 18.2 Å². The first-order valence-corrected chi connectivity index (χ1v) is 7.19. The van der Waals surface area contributed by atoms with Crippen LogP contribution in [0.1, 0.15) is 24.1 Å². The van der Waals surface area contributed by atoms with Crippen molar-refractivity contribution in [3.05, 3.63) is 29.3 Å². The third kappa shape index (κ3) is 3.34. The minimum atomic E-state index is -3.20. The van der Waals surface area contributed by atoms with Gasteiger partial charge in [0.25, 0.3) is 0 Å². The highest BCUT2D eigenvalue weighted by molar-refractivity contribution is 7.92. The van der Waals surface area contributed by atoms with E-state index in [9.17, 15) is 8.42 Å². The second kappa shape index (κ2) is 5.25. The molecule has 0 saturated heterocycles. The first-order valence-electron chi connectivity index (χ1n) is 5.30. The molecule has 0 fully saturated rings. The van der Waals surface area contributed by atoms with E-state index in [0.29, 0.717) is 5.69 Å². The molecule has 2 N–H and O–H groups in total. The van der Waals surface area contributed by atoms with Gasteiger partial charge in [-0.15, -0.1) is 12.4 Å². The van der Waals surface area contributed by atoms with E-state index >= 15 is 0 Å². The fourth-order valence-corrected chi connectivity index (χ4v) is 2.70. The Morgan fingerprint density at radius 2 is 2.12 bits per heavy atom. The van der Waals surface area contributed by atoms with E-state index in [1.807, 2.05) is 18.2 Å². The Bertz CT molecular complexity index is 502. The second-order valence-electron chi connectivity index (χ2n) is 4.17. The van der Waals surface area contributed by atoms with Gasteiger partial charge in [0.15, 0.2) is 0 Å². The quantitative estimate of drug-likeness (QED) is 0.864. The van der Waals surface area contributed by atoms with Crippen molar-refractivity contribution in [1.82, 2.24) is 5.32 Å². The average molecular weight is 277 g/mol. The van der Waals surface area contributed by atoms with Crippen molar-refractivity contribution in [3.8, 4) is 0 Å². The maximum Gasteiger partial charge on any atom is 0.229 e. The van der Waals surface area contributed by atoms with Crippen LogP contribution < -0.4 is 10.0 Å². The summed E-state index contributed by atoms with van der Waals surface area (Å²) in [6.07, 6.45) is 2.04. The molecule has 0 saturated carbocycles. The molecule has 0 bridgehead atoms. The van der Waals surface area contributed by atoms with E-state index in [4.69, 9.17) is 0 Å². The number of rotatable bonds is 2. The SMILES string of the molecule is C[C@@H]1NCCc2c(NS(C)(=O)=O)cccc21.Cl. The Morgan fingerprint density at radius 1 is 1.41 bits per heavy atom.